The second-order valence-corrected chi connectivity index (χ2v) is 7.05. The van der Waals surface area contributed by atoms with Crippen molar-refractivity contribution < 1.29 is 4.79 Å². The van der Waals surface area contributed by atoms with Crippen LogP contribution in [0.5, 0.6) is 0 Å². The summed E-state index contributed by atoms with van der Waals surface area (Å²) in [5.41, 5.74) is 0.739. The highest BCUT2D eigenvalue weighted by atomic mass is 79.9. The number of aromatic nitrogens is 1. The van der Waals surface area contributed by atoms with Crippen LogP contribution >= 0.6 is 15.9 Å². The summed E-state index contributed by atoms with van der Waals surface area (Å²) in [5, 5.41) is 3.11. The lowest BCUT2D eigenvalue weighted by Gasteiger charge is -2.31. The average Bonchev–Trinajstić information content (AvgIpc) is 2.87. The van der Waals surface area contributed by atoms with Crippen molar-refractivity contribution in [3.8, 4) is 0 Å². The third-order valence-corrected chi connectivity index (χ3v) is 4.74. The van der Waals surface area contributed by atoms with Crippen molar-refractivity contribution in [3.63, 3.8) is 0 Å². The van der Waals surface area contributed by atoms with Crippen molar-refractivity contribution in [1.29, 1.82) is 0 Å². The van der Waals surface area contributed by atoms with Crippen LogP contribution in [-0.4, -0.2) is 41.6 Å². The number of carbonyl (C=O) groups is 1. The monoisotopic (exact) mass is 355 g/mol. The fourth-order valence-electron chi connectivity index (χ4n) is 2.89. The molecule has 1 saturated heterocycles. The SMILES string of the molecule is CCN1CCC(CNC(=O)c2cc(Br)cn2C(C)C)CC1. The zero-order valence-electron chi connectivity index (χ0n) is 13.2. The number of nitrogens with one attached hydrogen (secondary N) is 1. The molecule has 1 fully saturated rings. The third kappa shape index (κ3) is 4.33. The zero-order valence-corrected chi connectivity index (χ0v) is 14.8. The Morgan fingerprint density at radius 2 is 2.10 bits per heavy atom. The van der Waals surface area contributed by atoms with Crippen LogP contribution in [0.15, 0.2) is 16.7 Å². The largest absolute Gasteiger partial charge is 0.350 e. The first-order valence-electron chi connectivity index (χ1n) is 7.89. The molecule has 5 heteroatoms. The van der Waals surface area contributed by atoms with Crippen LogP contribution in [0.1, 0.15) is 50.1 Å². The molecule has 1 amide bonds. The summed E-state index contributed by atoms with van der Waals surface area (Å²) in [6.07, 6.45) is 4.34. The van der Waals surface area contributed by atoms with Gasteiger partial charge in [0.15, 0.2) is 0 Å². The molecule has 1 aliphatic rings. The molecule has 1 N–H and O–H groups in total. The van der Waals surface area contributed by atoms with Gasteiger partial charge in [0.2, 0.25) is 0 Å². The maximum Gasteiger partial charge on any atom is 0.267 e. The van der Waals surface area contributed by atoms with E-state index < -0.39 is 0 Å². The van der Waals surface area contributed by atoms with Gasteiger partial charge in [0.1, 0.15) is 5.69 Å². The highest BCUT2D eigenvalue weighted by Crippen LogP contribution is 2.20. The first-order valence-corrected chi connectivity index (χ1v) is 8.68. The quantitative estimate of drug-likeness (QED) is 0.879. The summed E-state index contributed by atoms with van der Waals surface area (Å²) < 4.78 is 2.97. The number of carbonyl (C=O) groups excluding carboxylic acids is 1. The number of hydrogen-bond donors (Lipinski definition) is 1. The Hall–Kier alpha value is -0.810. The standard InChI is InChI=1S/C16H26BrN3O/c1-4-19-7-5-13(6-8-19)10-18-16(21)15-9-14(17)11-20(15)12(2)3/h9,11-13H,4-8,10H2,1-3H3,(H,18,21). The van der Waals surface area contributed by atoms with Gasteiger partial charge in [-0.05, 0) is 74.2 Å². The fourth-order valence-corrected chi connectivity index (χ4v) is 3.33. The maximum atomic E-state index is 12.4. The van der Waals surface area contributed by atoms with E-state index in [4.69, 9.17) is 0 Å². The van der Waals surface area contributed by atoms with Gasteiger partial charge in [0.25, 0.3) is 5.91 Å². The Labute approximate surface area is 136 Å². The predicted molar refractivity (Wildman–Crippen MR) is 89.7 cm³/mol. The van der Waals surface area contributed by atoms with E-state index in [1.165, 1.54) is 12.8 Å². The van der Waals surface area contributed by atoms with Crippen LogP contribution in [0.2, 0.25) is 0 Å². The topological polar surface area (TPSA) is 37.3 Å². The molecule has 0 spiro atoms. The smallest absolute Gasteiger partial charge is 0.267 e. The lowest BCUT2D eigenvalue weighted by molar-refractivity contribution is 0.0926. The van der Waals surface area contributed by atoms with E-state index in [0.29, 0.717) is 5.92 Å². The molecule has 118 valence electrons. The van der Waals surface area contributed by atoms with Crippen LogP contribution in [0, 0.1) is 5.92 Å². The van der Waals surface area contributed by atoms with E-state index in [9.17, 15) is 4.79 Å². The van der Waals surface area contributed by atoms with Gasteiger partial charge in [0.05, 0.1) is 0 Å². The second-order valence-electron chi connectivity index (χ2n) is 6.13. The van der Waals surface area contributed by atoms with Gasteiger partial charge in [-0.25, -0.2) is 0 Å². The minimum Gasteiger partial charge on any atom is -0.350 e. The summed E-state index contributed by atoms with van der Waals surface area (Å²) in [7, 11) is 0. The molecule has 0 radical (unpaired) electrons. The highest BCUT2D eigenvalue weighted by molar-refractivity contribution is 9.10. The van der Waals surface area contributed by atoms with Gasteiger partial charge in [-0.15, -0.1) is 0 Å². The van der Waals surface area contributed by atoms with Crippen molar-refractivity contribution in [2.75, 3.05) is 26.2 Å². The molecule has 0 saturated carbocycles. The number of piperidine rings is 1. The summed E-state index contributed by atoms with van der Waals surface area (Å²) in [5.74, 6) is 0.648. The summed E-state index contributed by atoms with van der Waals surface area (Å²) >= 11 is 3.46. The number of nitrogens with zero attached hydrogens (tertiary/aromatic N) is 2. The molecule has 1 aliphatic heterocycles. The van der Waals surface area contributed by atoms with E-state index in [0.717, 1.165) is 36.3 Å². The first-order chi connectivity index (χ1) is 10.0. The highest BCUT2D eigenvalue weighted by Gasteiger charge is 2.20. The molecule has 1 aromatic heterocycles. The van der Waals surface area contributed by atoms with E-state index in [1.54, 1.807) is 0 Å². The normalized spacial score (nSPS) is 17.4. The Kier molecular flexibility index (Phi) is 5.88. The predicted octanol–water partition coefficient (Wildman–Crippen LogP) is 3.29. The van der Waals surface area contributed by atoms with Gasteiger partial charge in [-0.3, -0.25) is 4.79 Å². The molecule has 21 heavy (non-hydrogen) atoms. The molecule has 2 rings (SSSR count). The minimum absolute atomic E-state index is 0.0346. The fraction of sp³-hybridized carbons (Fsp3) is 0.688. The number of hydrogen-bond acceptors (Lipinski definition) is 2. The molecule has 0 aliphatic carbocycles. The molecule has 4 nitrogen and oxygen atoms in total. The van der Waals surface area contributed by atoms with Crippen LogP contribution < -0.4 is 5.32 Å². The van der Waals surface area contributed by atoms with Crippen molar-refractivity contribution >= 4 is 21.8 Å². The van der Waals surface area contributed by atoms with E-state index in [1.807, 2.05) is 16.8 Å². The summed E-state index contributed by atoms with van der Waals surface area (Å²) in [4.78, 5) is 14.9. The van der Waals surface area contributed by atoms with Gasteiger partial charge in [-0.2, -0.15) is 0 Å². The lowest BCUT2D eigenvalue weighted by atomic mass is 9.97. The zero-order chi connectivity index (χ0) is 15.4. The van der Waals surface area contributed by atoms with Crippen LogP contribution in [0.25, 0.3) is 0 Å². The van der Waals surface area contributed by atoms with Crippen molar-refractivity contribution in [2.45, 2.75) is 39.7 Å². The van der Waals surface area contributed by atoms with E-state index in [-0.39, 0.29) is 11.9 Å². The minimum atomic E-state index is 0.0346. The van der Waals surface area contributed by atoms with Crippen molar-refractivity contribution in [2.24, 2.45) is 5.92 Å². The number of rotatable bonds is 5. The van der Waals surface area contributed by atoms with Gasteiger partial charge >= 0.3 is 0 Å². The number of amides is 1. The summed E-state index contributed by atoms with van der Waals surface area (Å²) in [6.45, 7) is 10.6. The molecular weight excluding hydrogens is 330 g/mol. The van der Waals surface area contributed by atoms with Crippen molar-refractivity contribution in [3.05, 3.63) is 22.4 Å². The third-order valence-electron chi connectivity index (χ3n) is 4.31. The lowest BCUT2D eigenvalue weighted by Crippen LogP contribution is -2.38. The van der Waals surface area contributed by atoms with Crippen molar-refractivity contribution in [1.82, 2.24) is 14.8 Å². The van der Waals surface area contributed by atoms with E-state index >= 15 is 0 Å². The number of halogens is 1. The molecule has 0 atom stereocenters. The second kappa shape index (κ2) is 7.45. The van der Waals surface area contributed by atoms with Gasteiger partial charge in [-0.1, -0.05) is 6.92 Å². The maximum absolute atomic E-state index is 12.4. The first kappa shape index (κ1) is 16.6. The number of likely N-dealkylation sites (tertiary alicyclic amines) is 1. The van der Waals surface area contributed by atoms with Gasteiger partial charge in [0, 0.05) is 23.3 Å². The molecule has 0 unspecified atom stereocenters. The van der Waals surface area contributed by atoms with Gasteiger partial charge < -0.3 is 14.8 Å². The molecule has 0 bridgehead atoms. The molecule has 0 aromatic carbocycles. The Bertz CT molecular complexity index is 476. The molecule has 1 aromatic rings. The Morgan fingerprint density at radius 1 is 1.43 bits per heavy atom. The molecular formula is C16H26BrN3O. The Morgan fingerprint density at radius 3 is 2.67 bits per heavy atom. The Balaban J connectivity index is 1.88. The van der Waals surface area contributed by atoms with Crippen LogP contribution in [0.3, 0.4) is 0 Å². The summed E-state index contributed by atoms with van der Waals surface area (Å²) in [6, 6.07) is 2.18. The van der Waals surface area contributed by atoms with E-state index in [2.05, 4.69) is 46.9 Å². The van der Waals surface area contributed by atoms with Crippen LogP contribution in [-0.2, 0) is 0 Å². The average molecular weight is 356 g/mol. The molecule has 2 heterocycles. The van der Waals surface area contributed by atoms with Crippen LogP contribution in [0.4, 0.5) is 0 Å².